The van der Waals surface area contributed by atoms with Crippen molar-refractivity contribution in [3.05, 3.63) is 16.7 Å². The topological polar surface area (TPSA) is 37.8 Å². The van der Waals surface area contributed by atoms with Crippen molar-refractivity contribution >= 4 is 50.7 Å². The maximum Gasteiger partial charge on any atom is 0.225 e. The number of hydrogen-bond acceptors (Lipinski definition) is 5. The van der Waals surface area contributed by atoms with E-state index in [1.54, 1.807) is 11.3 Å². The van der Waals surface area contributed by atoms with Crippen LogP contribution in [0.25, 0.3) is 10.2 Å². The van der Waals surface area contributed by atoms with Crippen LogP contribution in [-0.4, -0.2) is 27.0 Å². The number of thioether (sulfide) groups is 1. The van der Waals surface area contributed by atoms with Gasteiger partial charge in [0, 0.05) is 11.3 Å². The number of thiophene rings is 1. The van der Waals surface area contributed by atoms with Crippen LogP contribution in [0.2, 0.25) is 5.28 Å². The molecule has 1 aliphatic carbocycles. The monoisotopic (exact) mass is 313 g/mol. The first-order valence-electron chi connectivity index (χ1n) is 6.55. The van der Waals surface area contributed by atoms with Crippen molar-refractivity contribution in [2.45, 2.75) is 37.5 Å². The predicted molar refractivity (Wildman–Crippen MR) is 85.6 cm³/mol. The van der Waals surface area contributed by atoms with E-state index in [0.717, 1.165) is 21.3 Å². The summed E-state index contributed by atoms with van der Waals surface area (Å²) in [5.41, 5.74) is 0. The molecule has 1 aliphatic rings. The predicted octanol–water partition coefficient (Wildman–Crippen LogP) is 4.43. The Morgan fingerprint density at radius 1 is 1.47 bits per heavy atom. The van der Waals surface area contributed by atoms with Gasteiger partial charge in [-0.15, -0.1) is 11.3 Å². The Morgan fingerprint density at radius 3 is 3.21 bits per heavy atom. The lowest BCUT2D eigenvalue weighted by atomic mass is 10.2. The minimum absolute atomic E-state index is 0.329. The van der Waals surface area contributed by atoms with Gasteiger partial charge in [-0.25, -0.2) is 9.97 Å². The first kappa shape index (κ1) is 13.5. The zero-order valence-electron chi connectivity index (χ0n) is 10.7. The highest BCUT2D eigenvalue weighted by Gasteiger charge is 2.25. The zero-order chi connectivity index (χ0) is 13.2. The quantitative estimate of drug-likeness (QED) is 0.847. The van der Waals surface area contributed by atoms with E-state index in [4.69, 9.17) is 11.6 Å². The lowest BCUT2D eigenvalue weighted by Gasteiger charge is -2.14. The molecule has 1 saturated carbocycles. The Kier molecular flexibility index (Phi) is 4.15. The summed E-state index contributed by atoms with van der Waals surface area (Å²) >= 11 is 9.65. The van der Waals surface area contributed by atoms with Crippen molar-refractivity contribution in [1.29, 1.82) is 0 Å². The average Bonchev–Trinajstić information content (AvgIpc) is 2.98. The Labute approximate surface area is 126 Å². The third-order valence-corrected chi connectivity index (χ3v) is 5.63. The van der Waals surface area contributed by atoms with Crippen LogP contribution >= 0.6 is 34.7 Å². The van der Waals surface area contributed by atoms with Gasteiger partial charge in [-0.1, -0.05) is 6.92 Å². The molecule has 2 aromatic rings. The van der Waals surface area contributed by atoms with Crippen LogP contribution in [0.3, 0.4) is 0 Å². The van der Waals surface area contributed by atoms with Gasteiger partial charge in [0.25, 0.3) is 0 Å². The van der Waals surface area contributed by atoms with Gasteiger partial charge in [0.15, 0.2) is 0 Å². The highest BCUT2D eigenvalue weighted by molar-refractivity contribution is 7.99. The van der Waals surface area contributed by atoms with Crippen LogP contribution in [0.1, 0.15) is 26.2 Å². The summed E-state index contributed by atoms with van der Waals surface area (Å²) in [6.07, 6.45) is 3.72. The van der Waals surface area contributed by atoms with Crippen LogP contribution in [0.15, 0.2) is 11.4 Å². The number of hydrogen-bond donors (Lipinski definition) is 1. The van der Waals surface area contributed by atoms with Gasteiger partial charge in [-0.05, 0) is 48.1 Å². The van der Waals surface area contributed by atoms with E-state index in [9.17, 15) is 0 Å². The van der Waals surface area contributed by atoms with Crippen LogP contribution < -0.4 is 5.32 Å². The lowest BCUT2D eigenvalue weighted by Crippen LogP contribution is -2.17. The van der Waals surface area contributed by atoms with Gasteiger partial charge in [0.05, 0.1) is 5.39 Å². The number of halogens is 1. The summed E-state index contributed by atoms with van der Waals surface area (Å²) in [6.45, 7) is 2.23. The SMILES string of the molecule is CCSC1CCC(Nc2nc(Cl)nc3sccc23)C1. The minimum Gasteiger partial charge on any atom is -0.367 e. The second-order valence-corrected chi connectivity index (χ2v) is 7.52. The molecule has 6 heteroatoms. The summed E-state index contributed by atoms with van der Waals surface area (Å²) in [4.78, 5) is 9.55. The third-order valence-electron chi connectivity index (χ3n) is 3.43. The van der Waals surface area contributed by atoms with Crippen molar-refractivity contribution < 1.29 is 0 Å². The van der Waals surface area contributed by atoms with Crippen LogP contribution in [-0.2, 0) is 0 Å². The summed E-state index contributed by atoms with van der Waals surface area (Å²) in [5, 5.41) is 7.79. The molecule has 3 nitrogen and oxygen atoms in total. The van der Waals surface area contributed by atoms with Gasteiger partial charge >= 0.3 is 0 Å². The molecule has 3 rings (SSSR count). The summed E-state index contributed by atoms with van der Waals surface area (Å²) in [5.74, 6) is 2.09. The molecule has 2 atom stereocenters. The molecule has 0 saturated heterocycles. The number of fused-ring (bicyclic) bond motifs is 1. The Morgan fingerprint density at radius 2 is 2.37 bits per heavy atom. The molecule has 2 heterocycles. The Hall–Kier alpha value is -0.520. The normalized spacial score (nSPS) is 23.1. The molecule has 1 fully saturated rings. The summed E-state index contributed by atoms with van der Waals surface area (Å²) < 4.78 is 0. The van der Waals surface area contributed by atoms with Crippen molar-refractivity contribution in [1.82, 2.24) is 9.97 Å². The molecule has 0 spiro atoms. The molecule has 0 aliphatic heterocycles. The summed E-state index contributed by atoms with van der Waals surface area (Å²) in [7, 11) is 0. The maximum absolute atomic E-state index is 5.98. The van der Waals surface area contributed by atoms with Crippen LogP contribution in [0, 0.1) is 0 Å². The highest BCUT2D eigenvalue weighted by Crippen LogP contribution is 2.33. The van der Waals surface area contributed by atoms with Crippen LogP contribution in [0.5, 0.6) is 0 Å². The van der Waals surface area contributed by atoms with Gasteiger partial charge < -0.3 is 5.32 Å². The fraction of sp³-hybridized carbons (Fsp3) is 0.538. The fourth-order valence-electron chi connectivity index (χ4n) is 2.59. The van der Waals surface area contributed by atoms with Crippen molar-refractivity contribution in [2.24, 2.45) is 0 Å². The van der Waals surface area contributed by atoms with Gasteiger partial charge in [0.1, 0.15) is 10.6 Å². The molecular weight excluding hydrogens is 298 g/mol. The van der Waals surface area contributed by atoms with E-state index >= 15 is 0 Å². The zero-order valence-corrected chi connectivity index (χ0v) is 13.1. The lowest BCUT2D eigenvalue weighted by molar-refractivity contribution is 0.753. The minimum atomic E-state index is 0.329. The maximum atomic E-state index is 5.98. The Bertz CT molecular complexity index is 572. The number of anilines is 1. The van der Waals surface area contributed by atoms with E-state index < -0.39 is 0 Å². The molecular formula is C13H16ClN3S2. The smallest absolute Gasteiger partial charge is 0.225 e. The first-order chi connectivity index (χ1) is 9.26. The van der Waals surface area contributed by atoms with E-state index in [1.807, 2.05) is 5.38 Å². The second-order valence-electron chi connectivity index (χ2n) is 4.71. The third kappa shape index (κ3) is 2.98. The molecule has 102 valence electrons. The first-order valence-corrected chi connectivity index (χ1v) is 8.85. The molecule has 1 N–H and O–H groups in total. The van der Waals surface area contributed by atoms with Gasteiger partial charge in [-0.3, -0.25) is 0 Å². The number of nitrogens with zero attached hydrogens (tertiary/aromatic N) is 2. The molecule has 19 heavy (non-hydrogen) atoms. The van der Waals surface area contributed by atoms with E-state index in [-0.39, 0.29) is 0 Å². The number of nitrogens with one attached hydrogen (secondary N) is 1. The number of aromatic nitrogens is 2. The van der Waals surface area contributed by atoms with Crippen molar-refractivity contribution in [3.63, 3.8) is 0 Å². The van der Waals surface area contributed by atoms with E-state index in [1.165, 1.54) is 25.0 Å². The van der Waals surface area contributed by atoms with Crippen LogP contribution in [0.4, 0.5) is 5.82 Å². The van der Waals surface area contributed by atoms with E-state index in [0.29, 0.717) is 11.3 Å². The standard InChI is InChI=1S/C13H16ClN3S2/c1-2-18-9-4-3-8(7-9)15-11-10-5-6-19-12(10)17-13(14)16-11/h5-6,8-9H,2-4,7H2,1H3,(H,15,16,17). The van der Waals surface area contributed by atoms with Gasteiger partial charge in [-0.2, -0.15) is 11.8 Å². The largest absolute Gasteiger partial charge is 0.367 e. The molecule has 0 radical (unpaired) electrons. The average molecular weight is 314 g/mol. The molecule has 0 amide bonds. The molecule has 2 unspecified atom stereocenters. The van der Waals surface area contributed by atoms with Crippen molar-refractivity contribution in [3.8, 4) is 0 Å². The molecule has 0 bridgehead atoms. The van der Waals surface area contributed by atoms with Gasteiger partial charge in [0.2, 0.25) is 5.28 Å². The second kappa shape index (κ2) is 5.85. The molecule has 0 aromatic carbocycles. The number of rotatable bonds is 4. The summed E-state index contributed by atoms with van der Waals surface area (Å²) in [6, 6.07) is 2.57. The highest BCUT2D eigenvalue weighted by atomic mass is 35.5. The fourth-order valence-corrected chi connectivity index (χ4v) is 4.72. The van der Waals surface area contributed by atoms with Crippen molar-refractivity contribution in [2.75, 3.05) is 11.1 Å². The van der Waals surface area contributed by atoms with E-state index in [2.05, 4.69) is 40.0 Å². The Balaban J connectivity index is 1.77. The molecule has 2 aromatic heterocycles.